The van der Waals surface area contributed by atoms with E-state index in [1.54, 1.807) is 4.90 Å². The van der Waals surface area contributed by atoms with E-state index in [1.165, 1.54) is 18.3 Å². The van der Waals surface area contributed by atoms with Crippen LogP contribution >= 0.6 is 11.8 Å². The Balaban J connectivity index is 2.21. The van der Waals surface area contributed by atoms with Gasteiger partial charge in [-0.15, -0.1) is 0 Å². The molecule has 0 saturated carbocycles. The van der Waals surface area contributed by atoms with E-state index < -0.39 is 5.97 Å². The van der Waals surface area contributed by atoms with Gasteiger partial charge in [-0.25, -0.2) is 4.79 Å². The predicted molar refractivity (Wildman–Crippen MR) is 78.3 cm³/mol. The van der Waals surface area contributed by atoms with Gasteiger partial charge in [0.25, 0.3) is 5.91 Å². The Kier molecular flexibility index (Phi) is 4.32. The third kappa shape index (κ3) is 3.30. The van der Waals surface area contributed by atoms with Crippen molar-refractivity contribution in [3.63, 3.8) is 0 Å². The number of carboxylic acids is 1. The fraction of sp³-hybridized carbons (Fsp3) is 0.500. The van der Waals surface area contributed by atoms with Crippen LogP contribution in [-0.2, 0) is 0 Å². The third-order valence-electron chi connectivity index (χ3n) is 3.37. The van der Waals surface area contributed by atoms with E-state index in [4.69, 9.17) is 5.11 Å². The average Bonchev–Trinajstić information content (AvgIpc) is 2.59. The Bertz CT molecular complexity index is 531. The quantitative estimate of drug-likeness (QED) is 0.905. The highest BCUT2D eigenvalue weighted by atomic mass is 32.2. The molecule has 0 bridgehead atoms. The topological polar surface area (TPSA) is 70.5 Å². The number of amides is 1. The van der Waals surface area contributed by atoms with Crippen molar-refractivity contribution in [2.45, 2.75) is 25.0 Å². The van der Waals surface area contributed by atoms with E-state index in [2.05, 4.69) is 18.8 Å². The second kappa shape index (κ2) is 5.83. The molecule has 6 heteroatoms. The van der Waals surface area contributed by atoms with Gasteiger partial charge < -0.3 is 10.0 Å². The van der Waals surface area contributed by atoms with Crippen molar-refractivity contribution >= 4 is 23.6 Å². The lowest BCUT2D eigenvalue weighted by atomic mass is 10.1. The molecule has 0 unspecified atom stereocenters. The molecule has 1 aromatic heterocycles. The number of carbonyl (C=O) groups excluding carboxylic acids is 1. The molecule has 1 N–H and O–H groups in total. The molecule has 0 aromatic carbocycles. The molecule has 5 nitrogen and oxygen atoms in total. The molecular weight excluding hydrogens is 276 g/mol. The van der Waals surface area contributed by atoms with Crippen molar-refractivity contribution in [1.29, 1.82) is 0 Å². The van der Waals surface area contributed by atoms with Gasteiger partial charge in [0.1, 0.15) is 5.69 Å². The molecule has 1 fully saturated rings. The summed E-state index contributed by atoms with van der Waals surface area (Å²) in [6.07, 6.45) is 2.34. The summed E-state index contributed by atoms with van der Waals surface area (Å²) in [5, 5.41) is 9.14. The van der Waals surface area contributed by atoms with E-state index in [0.717, 1.165) is 12.2 Å². The van der Waals surface area contributed by atoms with E-state index >= 15 is 0 Å². The smallest absolute Gasteiger partial charge is 0.338 e. The van der Waals surface area contributed by atoms with Crippen molar-refractivity contribution < 1.29 is 14.7 Å². The second-order valence-electron chi connectivity index (χ2n) is 5.36. The zero-order chi connectivity index (χ0) is 14.8. The van der Waals surface area contributed by atoms with Crippen LogP contribution in [0.4, 0.5) is 0 Å². The summed E-state index contributed by atoms with van der Waals surface area (Å²) in [4.78, 5) is 29.3. The normalized spacial score (nSPS) is 18.4. The Morgan fingerprint density at radius 2 is 2.15 bits per heavy atom. The molecule has 0 spiro atoms. The van der Waals surface area contributed by atoms with Crippen molar-refractivity contribution in [2.24, 2.45) is 0 Å². The van der Waals surface area contributed by atoms with Crippen molar-refractivity contribution in [2.75, 3.05) is 18.8 Å². The van der Waals surface area contributed by atoms with Gasteiger partial charge in [0.15, 0.2) is 0 Å². The molecule has 2 rings (SSSR count). The summed E-state index contributed by atoms with van der Waals surface area (Å²) in [6, 6.07) is 2.95. The average molecular weight is 294 g/mol. The van der Waals surface area contributed by atoms with Crippen molar-refractivity contribution in [3.05, 3.63) is 29.6 Å². The number of thioether (sulfide) groups is 1. The monoisotopic (exact) mass is 294 g/mol. The minimum Gasteiger partial charge on any atom is -0.478 e. The molecule has 1 amide bonds. The molecule has 0 radical (unpaired) electrons. The van der Waals surface area contributed by atoms with Gasteiger partial charge in [-0.05, 0) is 18.6 Å². The first-order chi connectivity index (χ1) is 9.41. The molecule has 1 saturated heterocycles. The third-order valence-corrected chi connectivity index (χ3v) is 4.74. The van der Waals surface area contributed by atoms with Crippen molar-refractivity contribution in [1.82, 2.24) is 9.88 Å². The van der Waals surface area contributed by atoms with E-state index in [0.29, 0.717) is 13.1 Å². The first-order valence-electron chi connectivity index (χ1n) is 6.52. The van der Waals surface area contributed by atoms with Crippen LogP contribution in [0.25, 0.3) is 0 Å². The maximum atomic E-state index is 12.5. The van der Waals surface area contributed by atoms with Gasteiger partial charge in [-0.3, -0.25) is 9.78 Å². The maximum absolute atomic E-state index is 12.5. The standard InChI is InChI=1S/C14H18N2O3S/c1-14(2)5-7-16(8-9-20-14)12(17)11-10(13(18)19)4-3-6-15-11/h3-4,6H,5,7-9H2,1-2H3,(H,18,19). The minimum absolute atomic E-state index is 0.0321. The van der Waals surface area contributed by atoms with E-state index in [9.17, 15) is 9.59 Å². The fourth-order valence-electron chi connectivity index (χ4n) is 2.12. The highest BCUT2D eigenvalue weighted by Gasteiger charge is 2.28. The number of aromatic nitrogens is 1. The summed E-state index contributed by atoms with van der Waals surface area (Å²) >= 11 is 1.84. The number of rotatable bonds is 2. The van der Waals surface area contributed by atoms with Gasteiger partial charge in [0, 0.05) is 29.8 Å². The number of carbonyl (C=O) groups is 2. The molecule has 108 valence electrons. The van der Waals surface area contributed by atoms with Crippen molar-refractivity contribution in [3.8, 4) is 0 Å². The SMILES string of the molecule is CC1(C)CCN(C(=O)c2ncccc2C(=O)O)CCS1. The number of aromatic carboxylic acids is 1. The summed E-state index contributed by atoms with van der Waals surface area (Å²) in [6.45, 7) is 5.58. The van der Waals surface area contributed by atoms with Gasteiger partial charge >= 0.3 is 5.97 Å². The van der Waals surface area contributed by atoms with Crippen LogP contribution in [0.2, 0.25) is 0 Å². The summed E-state index contributed by atoms with van der Waals surface area (Å²) < 4.78 is 0.148. The lowest BCUT2D eigenvalue weighted by molar-refractivity contribution is 0.0674. The molecule has 0 aliphatic carbocycles. The highest BCUT2D eigenvalue weighted by Crippen LogP contribution is 2.31. The number of hydrogen-bond donors (Lipinski definition) is 1. The maximum Gasteiger partial charge on any atom is 0.338 e. The number of carboxylic acid groups (broad SMARTS) is 1. The first kappa shape index (κ1) is 14.8. The Hall–Kier alpha value is -1.56. The summed E-state index contributed by atoms with van der Waals surface area (Å²) in [5.41, 5.74) is -0.00151. The molecule has 20 heavy (non-hydrogen) atoms. The Morgan fingerprint density at radius 3 is 2.85 bits per heavy atom. The summed E-state index contributed by atoms with van der Waals surface area (Å²) in [5.74, 6) is -0.555. The van der Waals surface area contributed by atoms with Gasteiger partial charge in [0.2, 0.25) is 0 Å². The molecular formula is C14H18N2O3S. The molecule has 1 aliphatic heterocycles. The summed E-state index contributed by atoms with van der Waals surface area (Å²) in [7, 11) is 0. The number of pyridine rings is 1. The number of hydrogen-bond acceptors (Lipinski definition) is 4. The Morgan fingerprint density at radius 1 is 1.40 bits per heavy atom. The van der Waals surface area contributed by atoms with Crippen LogP contribution in [0.1, 0.15) is 41.1 Å². The van der Waals surface area contributed by atoms with Crippen LogP contribution in [0.15, 0.2) is 18.3 Å². The second-order valence-corrected chi connectivity index (χ2v) is 7.16. The zero-order valence-corrected chi connectivity index (χ0v) is 12.4. The molecule has 1 aliphatic rings. The van der Waals surface area contributed by atoms with Gasteiger partial charge in [0.05, 0.1) is 5.56 Å². The molecule has 1 aromatic rings. The van der Waals surface area contributed by atoms with Crippen LogP contribution in [0.5, 0.6) is 0 Å². The zero-order valence-electron chi connectivity index (χ0n) is 11.6. The van der Waals surface area contributed by atoms with E-state index in [1.807, 2.05) is 11.8 Å². The van der Waals surface area contributed by atoms with Gasteiger partial charge in [-0.2, -0.15) is 11.8 Å². The lowest BCUT2D eigenvalue weighted by Gasteiger charge is -2.22. The van der Waals surface area contributed by atoms with Crippen LogP contribution < -0.4 is 0 Å². The minimum atomic E-state index is -1.12. The van der Waals surface area contributed by atoms with Crippen LogP contribution in [0, 0.1) is 0 Å². The lowest BCUT2D eigenvalue weighted by Crippen LogP contribution is -2.35. The highest BCUT2D eigenvalue weighted by molar-refractivity contribution is 8.00. The van der Waals surface area contributed by atoms with Gasteiger partial charge in [-0.1, -0.05) is 13.8 Å². The molecule has 2 heterocycles. The predicted octanol–water partition coefficient (Wildman–Crippen LogP) is 2.14. The Labute approximate surface area is 122 Å². The van der Waals surface area contributed by atoms with Crippen LogP contribution in [0.3, 0.4) is 0 Å². The first-order valence-corrected chi connectivity index (χ1v) is 7.51. The molecule has 0 atom stereocenters. The number of nitrogens with zero attached hydrogens (tertiary/aromatic N) is 2. The largest absolute Gasteiger partial charge is 0.478 e. The van der Waals surface area contributed by atoms with E-state index in [-0.39, 0.29) is 21.9 Å². The van der Waals surface area contributed by atoms with Crippen LogP contribution in [-0.4, -0.2) is 50.5 Å². The fourth-order valence-corrected chi connectivity index (χ4v) is 3.22.